The molecule has 0 rings (SSSR count). The van der Waals surface area contributed by atoms with Crippen LogP contribution in [0.2, 0.25) is 0 Å². The molecule has 0 aromatic heterocycles. The molecule has 10 N–H and O–H groups in total. The zero-order valence-corrected chi connectivity index (χ0v) is 8.73. The van der Waals surface area contributed by atoms with Gasteiger partial charge in [0.15, 0.2) is 11.3 Å². The molecule has 15 heavy (non-hydrogen) atoms. The van der Waals surface area contributed by atoms with E-state index in [0.717, 1.165) is 0 Å². The summed E-state index contributed by atoms with van der Waals surface area (Å²) in [4.78, 5) is 19.8. The quantitative estimate of drug-likeness (QED) is 0.291. The highest BCUT2D eigenvalue weighted by Crippen LogP contribution is 1.94. The molecule has 0 atom stereocenters. The molecule has 8 nitrogen and oxygen atoms in total. The Morgan fingerprint density at radius 2 is 1.33 bits per heavy atom. The molecule has 0 aromatic carbocycles. The second-order valence-corrected chi connectivity index (χ2v) is 3.29. The van der Waals surface area contributed by atoms with E-state index in [4.69, 9.17) is 33.1 Å². The number of rotatable bonds is 3. The Morgan fingerprint density at radius 3 is 1.33 bits per heavy atom. The molecule has 0 unspecified atom stereocenters. The van der Waals surface area contributed by atoms with Crippen molar-refractivity contribution in [1.82, 2.24) is 0 Å². The monoisotopic (exact) mass is 222 g/mol. The van der Waals surface area contributed by atoms with Crippen LogP contribution in [-0.4, -0.2) is 33.5 Å². The van der Waals surface area contributed by atoms with E-state index in [2.05, 4.69) is 0 Å². The normalized spacial score (nSPS) is 11.3. The number of hydrogen-bond donors (Lipinski definition) is 6. The number of carboxylic acids is 2. The van der Waals surface area contributed by atoms with Gasteiger partial charge in [0, 0.05) is 0 Å². The van der Waals surface area contributed by atoms with Crippen molar-refractivity contribution < 1.29 is 19.8 Å². The summed E-state index contributed by atoms with van der Waals surface area (Å²) in [6, 6.07) is 0. The van der Waals surface area contributed by atoms with E-state index in [9.17, 15) is 9.59 Å². The maximum absolute atomic E-state index is 10.0. The molecular weight excluding hydrogens is 204 g/mol. The third-order valence-corrected chi connectivity index (χ3v) is 1.44. The van der Waals surface area contributed by atoms with Gasteiger partial charge in [0.1, 0.15) is 0 Å². The second-order valence-electron chi connectivity index (χ2n) is 3.29. The van der Waals surface area contributed by atoms with E-state index in [1.165, 1.54) is 6.92 Å². The van der Waals surface area contributed by atoms with E-state index < -0.39 is 23.3 Å². The predicted molar refractivity (Wildman–Crippen MR) is 53.4 cm³/mol. The lowest BCUT2D eigenvalue weighted by molar-refractivity contribution is -0.143. The van der Waals surface area contributed by atoms with Crippen molar-refractivity contribution in [1.29, 1.82) is 0 Å². The molecule has 0 amide bonds. The summed E-state index contributed by atoms with van der Waals surface area (Å²) in [6.07, 6.45) is 0.238. The van der Waals surface area contributed by atoms with Gasteiger partial charge in [-0.05, 0) is 13.3 Å². The Hall–Kier alpha value is -1.22. The molecule has 8 heteroatoms. The number of nitrogens with two attached hydrogens (primary N) is 4. The van der Waals surface area contributed by atoms with Crippen LogP contribution in [0, 0.1) is 0 Å². The minimum absolute atomic E-state index is 0.238. The SMILES string of the molecule is CC(N)(N)C(=O)O.CCC(N)(N)C(=O)O. The summed E-state index contributed by atoms with van der Waals surface area (Å²) in [5, 5.41) is 16.2. The summed E-state index contributed by atoms with van der Waals surface area (Å²) >= 11 is 0. The van der Waals surface area contributed by atoms with Crippen molar-refractivity contribution in [3.05, 3.63) is 0 Å². The molecule has 0 heterocycles. The second kappa shape index (κ2) is 5.61. The fraction of sp³-hybridized carbons (Fsp3) is 0.714. The number of aliphatic carboxylic acids is 2. The van der Waals surface area contributed by atoms with Crippen LogP contribution in [0.1, 0.15) is 20.3 Å². The van der Waals surface area contributed by atoms with Gasteiger partial charge in [-0.3, -0.25) is 0 Å². The van der Waals surface area contributed by atoms with Crippen molar-refractivity contribution in [2.24, 2.45) is 22.9 Å². The first-order chi connectivity index (χ1) is 6.45. The molecule has 0 aliphatic carbocycles. The molecule has 0 aliphatic rings. The van der Waals surface area contributed by atoms with E-state index in [1.807, 2.05) is 0 Å². The first kappa shape index (κ1) is 16.2. The van der Waals surface area contributed by atoms with Crippen molar-refractivity contribution in [3.8, 4) is 0 Å². The molecule has 0 radical (unpaired) electrons. The van der Waals surface area contributed by atoms with Gasteiger partial charge in [0.05, 0.1) is 0 Å². The van der Waals surface area contributed by atoms with Gasteiger partial charge in [-0.2, -0.15) is 0 Å². The largest absolute Gasteiger partial charge is 0.479 e. The van der Waals surface area contributed by atoms with Crippen LogP contribution in [0.25, 0.3) is 0 Å². The summed E-state index contributed by atoms with van der Waals surface area (Å²) in [6.45, 7) is 2.84. The standard InChI is InChI=1S/C4H10N2O2.C3H8N2O2/c1-2-4(5,6)3(7)8;1-3(4,5)2(6)7/h2,5-6H2,1H3,(H,7,8);4-5H2,1H3,(H,6,7). The summed E-state index contributed by atoms with van der Waals surface area (Å²) in [5.74, 6) is -2.37. The third kappa shape index (κ3) is 7.82. The molecule has 90 valence electrons. The van der Waals surface area contributed by atoms with Crippen molar-refractivity contribution in [2.45, 2.75) is 31.6 Å². The van der Waals surface area contributed by atoms with Crippen molar-refractivity contribution >= 4 is 11.9 Å². The lowest BCUT2D eigenvalue weighted by Crippen LogP contribution is -2.55. The molecule has 0 fully saturated rings. The van der Waals surface area contributed by atoms with Crippen LogP contribution in [0.3, 0.4) is 0 Å². The number of carboxylic acid groups (broad SMARTS) is 2. The Morgan fingerprint density at radius 1 is 1.07 bits per heavy atom. The molecule has 0 saturated carbocycles. The van der Waals surface area contributed by atoms with Crippen LogP contribution in [0.15, 0.2) is 0 Å². The van der Waals surface area contributed by atoms with Crippen LogP contribution >= 0.6 is 0 Å². The average molecular weight is 222 g/mol. The van der Waals surface area contributed by atoms with Crippen molar-refractivity contribution in [2.75, 3.05) is 0 Å². The Labute approximate surface area is 87.2 Å². The number of carbonyl (C=O) groups is 2. The first-order valence-corrected chi connectivity index (χ1v) is 4.07. The highest BCUT2D eigenvalue weighted by molar-refractivity contribution is 5.77. The fourth-order valence-corrected chi connectivity index (χ4v) is 0.151. The summed E-state index contributed by atoms with van der Waals surface area (Å²) in [5.41, 5.74) is 16.7. The van der Waals surface area contributed by atoms with Gasteiger partial charge in [-0.1, -0.05) is 6.92 Å². The molecule has 0 bridgehead atoms. The van der Waals surface area contributed by atoms with E-state index >= 15 is 0 Å². The lowest BCUT2D eigenvalue weighted by Gasteiger charge is -2.14. The van der Waals surface area contributed by atoms with E-state index in [1.54, 1.807) is 6.92 Å². The van der Waals surface area contributed by atoms with Gasteiger partial charge < -0.3 is 33.1 Å². The van der Waals surface area contributed by atoms with Gasteiger partial charge in [-0.15, -0.1) is 0 Å². The Balaban J connectivity index is 0. The predicted octanol–water partition coefficient (Wildman–Crippen LogP) is -2.20. The smallest absolute Gasteiger partial charge is 0.338 e. The maximum Gasteiger partial charge on any atom is 0.338 e. The summed E-state index contributed by atoms with van der Waals surface area (Å²) < 4.78 is 0. The molecule has 0 aromatic rings. The zero-order valence-electron chi connectivity index (χ0n) is 8.73. The van der Waals surface area contributed by atoms with Gasteiger partial charge in [0.25, 0.3) is 0 Å². The molecule has 0 aliphatic heterocycles. The van der Waals surface area contributed by atoms with Crippen LogP contribution in [0.4, 0.5) is 0 Å². The minimum atomic E-state index is -1.58. The number of hydrogen-bond acceptors (Lipinski definition) is 6. The van der Waals surface area contributed by atoms with Gasteiger partial charge in [0.2, 0.25) is 0 Å². The highest BCUT2D eigenvalue weighted by Gasteiger charge is 2.25. The first-order valence-electron chi connectivity index (χ1n) is 4.07. The van der Waals surface area contributed by atoms with E-state index in [-0.39, 0.29) is 6.42 Å². The van der Waals surface area contributed by atoms with Crippen LogP contribution in [0.5, 0.6) is 0 Å². The van der Waals surface area contributed by atoms with Gasteiger partial charge in [-0.25, -0.2) is 9.59 Å². The molecule has 0 saturated heterocycles. The Bertz CT molecular complexity index is 234. The molecular formula is C7H18N4O4. The summed E-state index contributed by atoms with van der Waals surface area (Å²) in [7, 11) is 0. The minimum Gasteiger partial charge on any atom is -0.479 e. The van der Waals surface area contributed by atoms with Crippen molar-refractivity contribution in [3.63, 3.8) is 0 Å². The third-order valence-electron chi connectivity index (χ3n) is 1.44. The maximum atomic E-state index is 10.0. The highest BCUT2D eigenvalue weighted by atomic mass is 16.4. The zero-order chi connectivity index (χ0) is 12.9. The Kier molecular flexibility index (Phi) is 6.07. The molecule has 0 spiro atoms. The van der Waals surface area contributed by atoms with Crippen LogP contribution in [-0.2, 0) is 9.59 Å². The topological polar surface area (TPSA) is 179 Å². The average Bonchev–Trinajstić information content (AvgIpc) is 2.03. The lowest BCUT2D eigenvalue weighted by atomic mass is 10.1. The van der Waals surface area contributed by atoms with Crippen LogP contribution < -0.4 is 22.9 Å². The van der Waals surface area contributed by atoms with E-state index in [0.29, 0.717) is 0 Å². The van der Waals surface area contributed by atoms with Gasteiger partial charge >= 0.3 is 11.9 Å². The fourth-order valence-electron chi connectivity index (χ4n) is 0.151.